The minimum atomic E-state index is 0.196. The Kier molecular flexibility index (Phi) is 2.21. The molecule has 64 valence electrons. The lowest BCUT2D eigenvalue weighted by Crippen LogP contribution is -2.13. The summed E-state index contributed by atoms with van der Waals surface area (Å²) in [5.41, 5.74) is 0. The van der Waals surface area contributed by atoms with E-state index in [9.17, 15) is 4.79 Å². The van der Waals surface area contributed by atoms with E-state index in [0.717, 1.165) is 17.9 Å². The summed E-state index contributed by atoms with van der Waals surface area (Å²) in [6, 6.07) is 3.79. The van der Waals surface area contributed by atoms with Crippen molar-refractivity contribution >= 4 is 17.5 Å². The Labute approximate surface area is 75.3 Å². The van der Waals surface area contributed by atoms with E-state index in [-0.39, 0.29) is 5.92 Å². The molecule has 1 atom stereocenters. The maximum absolute atomic E-state index is 11.2. The predicted octanol–water partition coefficient (Wildman–Crippen LogP) is 1.75. The number of rotatable bonds is 2. The number of Topliss-reactive ketones (excluding diaryl/α,β-unsaturated/α-hetero) is 1. The van der Waals surface area contributed by atoms with Crippen LogP contribution in [0.3, 0.4) is 0 Å². The number of carbonyl (C=O) groups is 1. The Balaban J connectivity index is 1.99. The van der Waals surface area contributed by atoms with Gasteiger partial charge < -0.3 is 4.42 Å². The van der Waals surface area contributed by atoms with E-state index in [2.05, 4.69) is 0 Å². The van der Waals surface area contributed by atoms with E-state index < -0.39 is 0 Å². The Bertz CT molecular complexity index is 266. The van der Waals surface area contributed by atoms with Crippen molar-refractivity contribution in [2.75, 3.05) is 11.5 Å². The summed E-state index contributed by atoms with van der Waals surface area (Å²) < 4.78 is 5.18. The molecule has 0 spiro atoms. The largest absolute Gasteiger partial charge is 0.469 e. The fourth-order valence-corrected chi connectivity index (χ4v) is 2.50. The van der Waals surface area contributed by atoms with Crippen LogP contribution in [0.4, 0.5) is 0 Å². The second-order valence-corrected chi connectivity index (χ2v) is 3.99. The monoisotopic (exact) mass is 182 g/mol. The second-order valence-electron chi connectivity index (χ2n) is 2.96. The summed E-state index contributed by atoms with van der Waals surface area (Å²) in [6.45, 7) is 0. The highest BCUT2D eigenvalue weighted by Crippen LogP contribution is 2.23. The van der Waals surface area contributed by atoms with Crippen molar-refractivity contribution in [3.63, 3.8) is 0 Å². The van der Waals surface area contributed by atoms with Gasteiger partial charge in [0, 0.05) is 18.1 Å². The molecule has 1 aliphatic rings. The molecular formula is C9H10O2S. The van der Waals surface area contributed by atoms with Crippen LogP contribution in [-0.2, 0) is 11.2 Å². The highest BCUT2D eigenvalue weighted by Gasteiger charge is 2.25. The van der Waals surface area contributed by atoms with Gasteiger partial charge in [-0.05, 0) is 12.1 Å². The van der Waals surface area contributed by atoms with Gasteiger partial charge in [0.15, 0.2) is 0 Å². The SMILES string of the molecule is O=C1CSCC1Cc1ccco1. The number of thioether (sulfide) groups is 1. The lowest BCUT2D eigenvalue weighted by molar-refractivity contribution is -0.119. The molecule has 1 aromatic rings. The Hall–Kier alpha value is -0.700. The molecule has 0 radical (unpaired) electrons. The van der Waals surface area contributed by atoms with Crippen molar-refractivity contribution in [1.82, 2.24) is 0 Å². The van der Waals surface area contributed by atoms with Gasteiger partial charge in [-0.3, -0.25) is 4.79 Å². The molecule has 1 aromatic heterocycles. The standard InChI is InChI=1S/C9H10O2S/c10-9-6-12-5-7(9)4-8-2-1-3-11-8/h1-3,7H,4-6H2. The fourth-order valence-electron chi connectivity index (χ4n) is 1.36. The molecule has 0 aromatic carbocycles. The van der Waals surface area contributed by atoms with E-state index in [1.807, 2.05) is 12.1 Å². The van der Waals surface area contributed by atoms with E-state index in [4.69, 9.17) is 4.42 Å². The van der Waals surface area contributed by atoms with E-state index >= 15 is 0 Å². The van der Waals surface area contributed by atoms with Crippen LogP contribution in [0, 0.1) is 5.92 Å². The first-order chi connectivity index (χ1) is 5.86. The van der Waals surface area contributed by atoms with E-state index in [1.165, 1.54) is 0 Å². The molecule has 0 N–H and O–H groups in total. The molecule has 2 rings (SSSR count). The van der Waals surface area contributed by atoms with Crippen molar-refractivity contribution in [2.24, 2.45) is 5.92 Å². The molecule has 12 heavy (non-hydrogen) atoms. The zero-order valence-electron chi connectivity index (χ0n) is 6.66. The lowest BCUT2D eigenvalue weighted by Gasteiger charge is -2.02. The molecule has 2 nitrogen and oxygen atoms in total. The average Bonchev–Trinajstić information content (AvgIpc) is 2.65. The molecule has 0 bridgehead atoms. The predicted molar refractivity (Wildman–Crippen MR) is 48.2 cm³/mol. The third-order valence-electron chi connectivity index (χ3n) is 2.05. The molecule has 1 fully saturated rings. The highest BCUT2D eigenvalue weighted by atomic mass is 32.2. The highest BCUT2D eigenvalue weighted by molar-refractivity contribution is 8.00. The molecule has 1 saturated heterocycles. The third kappa shape index (κ3) is 1.55. The molecule has 1 aliphatic heterocycles. The van der Waals surface area contributed by atoms with Crippen molar-refractivity contribution in [3.05, 3.63) is 24.2 Å². The summed E-state index contributed by atoms with van der Waals surface area (Å²) in [5, 5.41) is 0. The van der Waals surface area contributed by atoms with Crippen LogP contribution in [0.5, 0.6) is 0 Å². The molecule has 2 heterocycles. The van der Waals surface area contributed by atoms with E-state index in [0.29, 0.717) is 11.5 Å². The van der Waals surface area contributed by atoms with Crippen LogP contribution in [-0.4, -0.2) is 17.3 Å². The summed E-state index contributed by atoms with van der Waals surface area (Å²) in [4.78, 5) is 11.2. The first-order valence-corrected chi connectivity index (χ1v) is 5.14. The van der Waals surface area contributed by atoms with Gasteiger partial charge in [-0.2, -0.15) is 11.8 Å². The van der Waals surface area contributed by atoms with Gasteiger partial charge >= 0.3 is 0 Å². The first kappa shape index (κ1) is 7.92. The maximum Gasteiger partial charge on any atom is 0.147 e. The molecule has 0 aliphatic carbocycles. The van der Waals surface area contributed by atoms with Gasteiger partial charge in [0.1, 0.15) is 11.5 Å². The van der Waals surface area contributed by atoms with Crippen LogP contribution in [0.1, 0.15) is 5.76 Å². The first-order valence-electron chi connectivity index (χ1n) is 3.99. The van der Waals surface area contributed by atoms with Crippen molar-refractivity contribution in [3.8, 4) is 0 Å². The summed E-state index contributed by atoms with van der Waals surface area (Å²) in [5.74, 6) is 3.14. The lowest BCUT2D eigenvalue weighted by atomic mass is 10.0. The number of hydrogen-bond acceptors (Lipinski definition) is 3. The van der Waals surface area contributed by atoms with Crippen molar-refractivity contribution in [2.45, 2.75) is 6.42 Å². The summed E-state index contributed by atoms with van der Waals surface area (Å²) in [6.07, 6.45) is 2.43. The number of furan rings is 1. The third-order valence-corrected chi connectivity index (χ3v) is 3.17. The van der Waals surface area contributed by atoms with Crippen LogP contribution in [0.25, 0.3) is 0 Å². The topological polar surface area (TPSA) is 30.2 Å². The van der Waals surface area contributed by atoms with Gasteiger partial charge in [0.05, 0.1) is 12.0 Å². The minimum Gasteiger partial charge on any atom is -0.469 e. The van der Waals surface area contributed by atoms with Crippen LogP contribution < -0.4 is 0 Å². The summed E-state index contributed by atoms with van der Waals surface area (Å²) >= 11 is 1.72. The Morgan fingerprint density at radius 2 is 2.58 bits per heavy atom. The number of hydrogen-bond donors (Lipinski definition) is 0. The molecule has 0 saturated carbocycles. The van der Waals surface area contributed by atoms with Gasteiger partial charge in [0.2, 0.25) is 0 Å². The van der Waals surface area contributed by atoms with Gasteiger partial charge in [-0.1, -0.05) is 0 Å². The minimum absolute atomic E-state index is 0.196. The van der Waals surface area contributed by atoms with Crippen molar-refractivity contribution < 1.29 is 9.21 Å². The fraction of sp³-hybridized carbons (Fsp3) is 0.444. The van der Waals surface area contributed by atoms with Crippen molar-refractivity contribution in [1.29, 1.82) is 0 Å². The van der Waals surface area contributed by atoms with Gasteiger partial charge in [-0.15, -0.1) is 0 Å². The van der Waals surface area contributed by atoms with Crippen LogP contribution in [0.2, 0.25) is 0 Å². The zero-order chi connectivity index (χ0) is 8.39. The maximum atomic E-state index is 11.2. The normalized spacial score (nSPS) is 23.3. The Morgan fingerprint density at radius 1 is 1.67 bits per heavy atom. The average molecular weight is 182 g/mol. The quantitative estimate of drug-likeness (QED) is 0.698. The molecular weight excluding hydrogens is 172 g/mol. The molecule has 1 unspecified atom stereocenters. The Morgan fingerprint density at radius 3 is 3.17 bits per heavy atom. The number of ketones is 1. The molecule has 0 amide bonds. The second kappa shape index (κ2) is 3.35. The summed E-state index contributed by atoms with van der Waals surface area (Å²) in [7, 11) is 0. The van der Waals surface area contributed by atoms with Crippen LogP contribution in [0.15, 0.2) is 22.8 Å². The molecule has 3 heteroatoms. The van der Waals surface area contributed by atoms with Gasteiger partial charge in [-0.25, -0.2) is 0 Å². The van der Waals surface area contributed by atoms with E-state index in [1.54, 1.807) is 18.0 Å². The number of carbonyl (C=O) groups excluding carboxylic acids is 1. The van der Waals surface area contributed by atoms with Gasteiger partial charge in [0.25, 0.3) is 0 Å². The van der Waals surface area contributed by atoms with Crippen LogP contribution >= 0.6 is 11.8 Å². The zero-order valence-corrected chi connectivity index (χ0v) is 7.47. The smallest absolute Gasteiger partial charge is 0.147 e.